The van der Waals surface area contributed by atoms with Gasteiger partial charge in [-0.05, 0) is 18.2 Å². The molecule has 1 aliphatic rings. The van der Waals surface area contributed by atoms with Gasteiger partial charge in [-0.3, -0.25) is 0 Å². The molecule has 0 radical (unpaired) electrons. The first-order valence-electron chi connectivity index (χ1n) is 3.87. The molecule has 0 N–H and O–H groups in total. The van der Waals surface area contributed by atoms with E-state index in [2.05, 4.69) is 0 Å². The van der Waals surface area contributed by atoms with Crippen LogP contribution >= 0.6 is 22.3 Å². The lowest BCUT2D eigenvalue weighted by Crippen LogP contribution is -2.49. The Kier molecular flexibility index (Phi) is 3.46. The van der Waals surface area contributed by atoms with Gasteiger partial charge in [0, 0.05) is 16.9 Å². The average Bonchev–Trinajstić information content (AvgIpc) is 1.98. The highest BCUT2D eigenvalue weighted by Crippen LogP contribution is 2.40. The topological polar surface area (TPSA) is 68.3 Å². The van der Waals surface area contributed by atoms with Gasteiger partial charge in [-0.2, -0.15) is 0 Å². The SMILES string of the molecule is CS(=O)(=O)C1(S(=O)(=O)Cl)C=CC(F)=CC1Cl. The minimum Gasteiger partial charge on any atom is -0.227 e. The van der Waals surface area contributed by atoms with Gasteiger partial charge < -0.3 is 0 Å². The van der Waals surface area contributed by atoms with Crippen LogP contribution in [0.4, 0.5) is 4.39 Å². The van der Waals surface area contributed by atoms with Crippen molar-refractivity contribution in [2.24, 2.45) is 0 Å². The van der Waals surface area contributed by atoms with E-state index in [1.54, 1.807) is 0 Å². The summed E-state index contributed by atoms with van der Waals surface area (Å²) in [5, 5.41) is -1.62. The summed E-state index contributed by atoms with van der Waals surface area (Å²) in [5.74, 6) is -0.820. The molecular weight excluding hydrogens is 302 g/mol. The molecule has 0 bridgehead atoms. The van der Waals surface area contributed by atoms with Crippen molar-refractivity contribution in [3.8, 4) is 0 Å². The number of rotatable bonds is 2. The summed E-state index contributed by atoms with van der Waals surface area (Å²) in [6.45, 7) is 0. The minimum absolute atomic E-state index is 0.650. The first-order chi connectivity index (χ1) is 7.02. The molecule has 92 valence electrons. The van der Waals surface area contributed by atoms with Crippen LogP contribution in [0.15, 0.2) is 24.1 Å². The zero-order chi connectivity index (χ0) is 12.8. The van der Waals surface area contributed by atoms with Gasteiger partial charge in [0.25, 0.3) is 9.05 Å². The highest BCUT2D eigenvalue weighted by Gasteiger charge is 2.56. The minimum atomic E-state index is -4.56. The van der Waals surface area contributed by atoms with Crippen LogP contribution in [-0.4, -0.2) is 32.5 Å². The van der Waals surface area contributed by atoms with Gasteiger partial charge in [0.2, 0.25) is 4.08 Å². The predicted octanol–water partition coefficient (Wildman–Crippen LogP) is 1.33. The predicted molar refractivity (Wildman–Crippen MR) is 60.3 cm³/mol. The lowest BCUT2D eigenvalue weighted by Gasteiger charge is -2.30. The van der Waals surface area contributed by atoms with Crippen molar-refractivity contribution in [1.82, 2.24) is 0 Å². The fourth-order valence-corrected chi connectivity index (χ4v) is 6.77. The van der Waals surface area contributed by atoms with Crippen molar-refractivity contribution < 1.29 is 21.2 Å². The first-order valence-corrected chi connectivity index (χ1v) is 8.50. The van der Waals surface area contributed by atoms with Crippen LogP contribution < -0.4 is 0 Å². The lowest BCUT2D eigenvalue weighted by atomic mass is 10.1. The summed E-state index contributed by atoms with van der Waals surface area (Å²) in [6, 6.07) is 0. The highest BCUT2D eigenvalue weighted by atomic mass is 35.7. The van der Waals surface area contributed by atoms with E-state index in [9.17, 15) is 21.2 Å². The summed E-state index contributed by atoms with van der Waals surface area (Å²) in [5.41, 5.74) is 0. The van der Waals surface area contributed by atoms with Gasteiger partial charge >= 0.3 is 0 Å². The van der Waals surface area contributed by atoms with Crippen LogP contribution in [0.2, 0.25) is 0 Å². The monoisotopic (exact) mass is 308 g/mol. The molecule has 0 spiro atoms. The molecule has 0 fully saturated rings. The summed E-state index contributed by atoms with van der Waals surface area (Å²) in [4.78, 5) is 0. The van der Waals surface area contributed by atoms with Crippen molar-refractivity contribution in [2.45, 2.75) is 9.46 Å². The van der Waals surface area contributed by atoms with Gasteiger partial charge in [0.15, 0.2) is 9.84 Å². The number of alkyl halides is 1. The molecular formula is C7H7Cl2FO4S2. The number of hydrogen-bond donors (Lipinski definition) is 0. The Morgan fingerprint density at radius 3 is 2.19 bits per heavy atom. The standard InChI is InChI=1S/C7H7Cl2FO4S2/c1-15(11,12)7(16(9,13)14)3-2-5(10)4-6(7)8/h2-4,6H,1H3. The number of hydrogen-bond acceptors (Lipinski definition) is 4. The second kappa shape index (κ2) is 3.97. The van der Waals surface area contributed by atoms with Crippen molar-refractivity contribution in [1.29, 1.82) is 0 Å². The highest BCUT2D eigenvalue weighted by molar-refractivity contribution is 8.23. The Morgan fingerprint density at radius 1 is 1.38 bits per heavy atom. The van der Waals surface area contributed by atoms with Gasteiger partial charge in [-0.1, -0.05) is 0 Å². The quantitative estimate of drug-likeness (QED) is 0.570. The Balaban J connectivity index is 3.61. The van der Waals surface area contributed by atoms with E-state index in [-0.39, 0.29) is 0 Å². The van der Waals surface area contributed by atoms with E-state index in [0.29, 0.717) is 24.5 Å². The Hall–Kier alpha value is -0.110. The molecule has 2 unspecified atom stereocenters. The fourth-order valence-electron chi connectivity index (χ4n) is 1.32. The van der Waals surface area contributed by atoms with Crippen LogP contribution in [0.25, 0.3) is 0 Å². The molecule has 0 aliphatic heterocycles. The third-order valence-electron chi connectivity index (χ3n) is 2.13. The van der Waals surface area contributed by atoms with Crippen molar-refractivity contribution in [2.75, 3.05) is 6.26 Å². The molecule has 16 heavy (non-hydrogen) atoms. The second-order valence-electron chi connectivity index (χ2n) is 3.22. The molecule has 0 heterocycles. The van der Waals surface area contributed by atoms with Crippen molar-refractivity contribution >= 4 is 41.2 Å². The Morgan fingerprint density at radius 2 is 1.88 bits per heavy atom. The largest absolute Gasteiger partial charge is 0.258 e. The molecule has 1 rings (SSSR count). The fraction of sp³-hybridized carbons (Fsp3) is 0.429. The average molecular weight is 309 g/mol. The molecule has 4 nitrogen and oxygen atoms in total. The van der Waals surface area contributed by atoms with Crippen molar-refractivity contribution in [3.05, 3.63) is 24.1 Å². The molecule has 0 aromatic carbocycles. The normalized spacial score (nSPS) is 31.2. The molecule has 1 aliphatic carbocycles. The molecule has 0 saturated carbocycles. The summed E-state index contributed by atoms with van der Waals surface area (Å²) < 4.78 is 56.1. The maximum absolute atomic E-state index is 12.8. The van der Waals surface area contributed by atoms with E-state index in [0.717, 1.165) is 0 Å². The van der Waals surface area contributed by atoms with Crippen LogP contribution in [0.5, 0.6) is 0 Å². The van der Waals surface area contributed by atoms with Crippen LogP contribution in [0, 0.1) is 0 Å². The Bertz CT molecular complexity index is 529. The molecule has 0 saturated heterocycles. The van der Waals surface area contributed by atoms with E-state index in [1.807, 2.05) is 0 Å². The third kappa shape index (κ3) is 2.01. The van der Waals surface area contributed by atoms with Crippen molar-refractivity contribution in [3.63, 3.8) is 0 Å². The summed E-state index contributed by atoms with van der Waals surface area (Å²) >= 11 is 5.59. The summed E-state index contributed by atoms with van der Waals surface area (Å²) in [6.07, 6.45) is 2.71. The molecule has 0 amide bonds. The molecule has 2 atom stereocenters. The zero-order valence-electron chi connectivity index (χ0n) is 7.89. The number of halogens is 3. The van der Waals surface area contributed by atoms with E-state index >= 15 is 0 Å². The zero-order valence-corrected chi connectivity index (χ0v) is 11.0. The second-order valence-corrected chi connectivity index (χ2v) is 8.94. The molecule has 9 heteroatoms. The lowest BCUT2D eigenvalue weighted by molar-refractivity contribution is 0.566. The van der Waals surface area contributed by atoms with Gasteiger partial charge in [0.1, 0.15) is 5.83 Å². The van der Waals surface area contributed by atoms with Crippen LogP contribution in [0.1, 0.15) is 0 Å². The smallest absolute Gasteiger partial charge is 0.227 e. The number of allylic oxidation sites excluding steroid dienone is 3. The summed E-state index contributed by atoms with van der Waals surface area (Å²) in [7, 11) is -3.63. The van der Waals surface area contributed by atoms with Gasteiger partial charge in [0.05, 0.1) is 5.38 Å². The van der Waals surface area contributed by atoms with E-state index in [4.69, 9.17) is 22.3 Å². The Labute approximate surface area is 102 Å². The van der Waals surface area contributed by atoms with Gasteiger partial charge in [-0.25, -0.2) is 21.2 Å². The molecule has 0 aromatic heterocycles. The van der Waals surface area contributed by atoms with E-state index < -0.39 is 34.2 Å². The maximum Gasteiger partial charge on any atom is 0.258 e. The third-order valence-corrected chi connectivity index (χ3v) is 8.16. The van der Waals surface area contributed by atoms with Crippen LogP contribution in [0.3, 0.4) is 0 Å². The van der Waals surface area contributed by atoms with E-state index in [1.165, 1.54) is 0 Å². The number of sulfone groups is 1. The maximum atomic E-state index is 12.8. The first kappa shape index (κ1) is 14.0. The molecule has 0 aromatic rings. The van der Waals surface area contributed by atoms with Crippen LogP contribution in [-0.2, 0) is 18.9 Å². The van der Waals surface area contributed by atoms with Gasteiger partial charge in [-0.15, -0.1) is 11.6 Å².